The zero-order valence-corrected chi connectivity index (χ0v) is 24.0. The van der Waals surface area contributed by atoms with Crippen LogP contribution in [0.5, 0.6) is 11.5 Å². The molecule has 0 bridgehead atoms. The number of ether oxygens (including phenoxy) is 5. The number of hydrogen-bond donors (Lipinski definition) is 0. The Labute approximate surface area is 249 Å². The Bertz CT molecular complexity index is 1710. The molecule has 2 aromatic carbocycles. The molecule has 0 fully saturated rings. The fraction of sp³-hybridized carbons (Fsp3) is 0.290. The van der Waals surface area contributed by atoms with E-state index in [1.807, 2.05) is 0 Å². The monoisotopic (exact) mass is 608 g/mol. The van der Waals surface area contributed by atoms with Gasteiger partial charge in [0.15, 0.2) is 17.0 Å². The van der Waals surface area contributed by atoms with Crippen LogP contribution in [0.15, 0.2) is 67.0 Å². The molecule has 2 heterocycles. The van der Waals surface area contributed by atoms with Gasteiger partial charge in [0.2, 0.25) is 11.5 Å². The predicted octanol–water partition coefficient (Wildman–Crippen LogP) is 3.60. The molecule has 0 amide bonds. The van der Waals surface area contributed by atoms with Crippen LogP contribution in [0.4, 0.5) is 0 Å². The summed E-state index contributed by atoms with van der Waals surface area (Å²) in [5, 5.41) is 0.0543. The highest BCUT2D eigenvalue weighted by Gasteiger charge is 2.22. The number of carbonyl (C=O) groups is 4. The van der Waals surface area contributed by atoms with Crippen molar-refractivity contribution in [1.29, 1.82) is 0 Å². The highest BCUT2D eigenvalue weighted by Crippen LogP contribution is 2.26. The molecule has 13 heteroatoms. The van der Waals surface area contributed by atoms with Crippen molar-refractivity contribution in [2.75, 3.05) is 26.4 Å². The van der Waals surface area contributed by atoms with Crippen LogP contribution in [-0.4, -0.2) is 56.2 Å². The van der Waals surface area contributed by atoms with E-state index >= 15 is 0 Å². The number of hydrogen-bond acceptors (Lipinski definition) is 13. The molecule has 0 atom stereocenters. The Kier molecular flexibility index (Phi) is 10.1. The number of carbonyl (C=O) groups excluding carboxylic acids is 4. The van der Waals surface area contributed by atoms with Gasteiger partial charge in [0.05, 0.1) is 13.2 Å². The first-order valence-electron chi connectivity index (χ1n) is 13.5. The zero-order valence-electron chi connectivity index (χ0n) is 24.0. The van der Waals surface area contributed by atoms with Gasteiger partial charge in [0.25, 0.3) is 0 Å². The van der Waals surface area contributed by atoms with Crippen molar-refractivity contribution in [3.63, 3.8) is 0 Å². The third-order valence-electron chi connectivity index (χ3n) is 5.93. The molecule has 0 aliphatic carbocycles. The number of ketones is 1. The van der Waals surface area contributed by atoms with Crippen molar-refractivity contribution in [1.82, 2.24) is 0 Å². The number of rotatable bonds is 13. The minimum atomic E-state index is -1.12. The predicted molar refractivity (Wildman–Crippen MR) is 153 cm³/mol. The molecule has 0 spiro atoms. The smallest absolute Gasteiger partial charge is 0.374 e. The minimum Gasteiger partial charge on any atom is -0.489 e. The van der Waals surface area contributed by atoms with Crippen molar-refractivity contribution < 1.29 is 51.7 Å². The van der Waals surface area contributed by atoms with E-state index in [9.17, 15) is 28.8 Å². The molecule has 0 aliphatic rings. The van der Waals surface area contributed by atoms with Crippen LogP contribution >= 0.6 is 0 Å². The fourth-order valence-electron chi connectivity index (χ4n) is 4.11. The van der Waals surface area contributed by atoms with E-state index in [0.717, 1.165) is 12.1 Å². The minimum absolute atomic E-state index is 0.0272. The van der Waals surface area contributed by atoms with Crippen molar-refractivity contribution >= 4 is 45.6 Å². The Hall–Kier alpha value is -5.46. The highest BCUT2D eigenvalue weighted by atomic mass is 16.6. The average molecular weight is 609 g/mol. The third-order valence-corrected chi connectivity index (χ3v) is 5.93. The van der Waals surface area contributed by atoms with E-state index in [1.165, 1.54) is 43.3 Å². The van der Waals surface area contributed by atoms with Crippen molar-refractivity contribution in [2.45, 2.75) is 33.3 Å². The normalized spacial score (nSPS) is 10.9. The largest absolute Gasteiger partial charge is 0.489 e. The Balaban J connectivity index is 1.59. The first kappa shape index (κ1) is 31.5. The van der Waals surface area contributed by atoms with Crippen molar-refractivity contribution in [2.24, 2.45) is 0 Å². The summed E-state index contributed by atoms with van der Waals surface area (Å²) in [5.41, 5.74) is -1.03. The summed E-state index contributed by atoms with van der Waals surface area (Å²) in [7, 11) is 0. The van der Waals surface area contributed by atoms with Crippen LogP contribution in [0.25, 0.3) is 21.9 Å². The van der Waals surface area contributed by atoms with Crippen LogP contribution in [0.3, 0.4) is 0 Å². The summed E-state index contributed by atoms with van der Waals surface area (Å²) in [5.74, 6) is -3.29. The summed E-state index contributed by atoms with van der Waals surface area (Å²) >= 11 is 0. The Morgan fingerprint density at radius 2 is 1.18 bits per heavy atom. The molecule has 44 heavy (non-hydrogen) atoms. The quantitative estimate of drug-likeness (QED) is 0.122. The second-order valence-corrected chi connectivity index (χ2v) is 9.26. The number of Topliss-reactive ketones (excluding diaryl/α,β-unsaturated/α-hetero) is 1. The molecule has 0 unspecified atom stereocenters. The standard InChI is InChI=1S/C31H28O13/c1-4-38-30(36)25-13-19(33)28-21(8-6-10-23(28)43-25)40-15-18(42-27(35)12-17(3)32)16-41-22-9-7-11-24-29(22)20(34)14-26(44-24)31(37)39-5-2/h6-11,13-14,18H,4-5,12,15-16H2,1-3H3. The second-order valence-electron chi connectivity index (χ2n) is 9.26. The molecule has 2 aromatic heterocycles. The molecule has 0 N–H and O–H groups in total. The van der Waals surface area contributed by atoms with Crippen molar-refractivity contribution in [3.8, 4) is 11.5 Å². The van der Waals surface area contributed by atoms with E-state index in [1.54, 1.807) is 13.8 Å². The lowest BCUT2D eigenvalue weighted by molar-refractivity contribution is -0.153. The van der Waals surface area contributed by atoms with E-state index in [4.69, 9.17) is 32.5 Å². The first-order valence-corrected chi connectivity index (χ1v) is 13.5. The summed E-state index contributed by atoms with van der Waals surface area (Å²) in [6, 6.07) is 10.9. The molecule has 4 rings (SSSR count). The van der Waals surface area contributed by atoms with Crippen LogP contribution in [0, 0.1) is 0 Å². The zero-order chi connectivity index (χ0) is 31.8. The molecule has 0 saturated carbocycles. The maximum absolute atomic E-state index is 12.9. The first-order chi connectivity index (χ1) is 21.1. The highest BCUT2D eigenvalue weighted by molar-refractivity contribution is 5.94. The topological polar surface area (TPSA) is 175 Å². The number of benzene rings is 2. The summed E-state index contributed by atoms with van der Waals surface area (Å²) in [4.78, 5) is 73.7. The van der Waals surface area contributed by atoms with Crippen LogP contribution in [0.1, 0.15) is 48.3 Å². The molecular weight excluding hydrogens is 580 g/mol. The Morgan fingerprint density at radius 3 is 1.59 bits per heavy atom. The molecule has 0 saturated heterocycles. The van der Waals surface area contributed by atoms with E-state index < -0.39 is 47.1 Å². The molecule has 0 aliphatic heterocycles. The van der Waals surface area contributed by atoms with E-state index in [-0.39, 0.29) is 71.4 Å². The Morgan fingerprint density at radius 1 is 0.727 bits per heavy atom. The summed E-state index contributed by atoms with van der Waals surface area (Å²) < 4.78 is 37.9. The van der Waals surface area contributed by atoms with E-state index in [0.29, 0.717) is 0 Å². The lowest BCUT2D eigenvalue weighted by atomic mass is 10.2. The van der Waals surface area contributed by atoms with Gasteiger partial charge in [-0.25, -0.2) is 9.59 Å². The van der Waals surface area contributed by atoms with Gasteiger partial charge in [-0.1, -0.05) is 12.1 Å². The van der Waals surface area contributed by atoms with Gasteiger partial charge in [-0.05, 0) is 45.0 Å². The second kappa shape index (κ2) is 14.1. The lowest BCUT2D eigenvalue weighted by Gasteiger charge is -2.20. The van der Waals surface area contributed by atoms with Gasteiger partial charge < -0.3 is 32.5 Å². The van der Waals surface area contributed by atoms with Crippen molar-refractivity contribution in [3.05, 3.63) is 80.5 Å². The van der Waals surface area contributed by atoms with Gasteiger partial charge in [-0.3, -0.25) is 19.2 Å². The van der Waals surface area contributed by atoms with Gasteiger partial charge in [-0.15, -0.1) is 0 Å². The summed E-state index contributed by atoms with van der Waals surface area (Å²) in [6.45, 7) is 3.96. The fourth-order valence-corrected chi connectivity index (χ4v) is 4.11. The third kappa shape index (κ3) is 7.48. The number of esters is 3. The van der Waals surface area contributed by atoms with Gasteiger partial charge in [-0.2, -0.15) is 0 Å². The number of fused-ring (bicyclic) bond motifs is 2. The maximum Gasteiger partial charge on any atom is 0.374 e. The molecular formula is C31H28O13. The van der Waals surface area contributed by atoms with Crippen LogP contribution in [-0.2, 0) is 23.8 Å². The summed E-state index contributed by atoms with van der Waals surface area (Å²) in [6.07, 6.45) is -1.62. The lowest BCUT2D eigenvalue weighted by Crippen LogP contribution is -2.32. The molecule has 13 nitrogen and oxygen atoms in total. The molecule has 230 valence electrons. The SMILES string of the molecule is CCOC(=O)c1cc(=O)c2c(OCC(COc3cccc4oc(C(=O)OCC)cc(=O)c34)OC(=O)CC(C)=O)cccc2o1. The molecule has 4 aromatic rings. The average Bonchev–Trinajstić information content (AvgIpc) is 2.97. The van der Waals surface area contributed by atoms with E-state index in [2.05, 4.69) is 0 Å². The van der Waals surface area contributed by atoms with Gasteiger partial charge in [0, 0.05) is 12.1 Å². The van der Waals surface area contributed by atoms with Gasteiger partial charge >= 0.3 is 17.9 Å². The van der Waals surface area contributed by atoms with Gasteiger partial charge in [0.1, 0.15) is 58.9 Å². The van der Waals surface area contributed by atoms with Crippen LogP contribution < -0.4 is 20.3 Å². The van der Waals surface area contributed by atoms with Crippen LogP contribution in [0.2, 0.25) is 0 Å². The maximum atomic E-state index is 12.9. The molecule has 0 radical (unpaired) electrons.